The van der Waals surface area contributed by atoms with E-state index >= 15 is 0 Å². The number of nitrogens with zero attached hydrogens (tertiary/aromatic N) is 4. The largest absolute Gasteiger partial charge is 0.378 e. The van der Waals surface area contributed by atoms with Crippen LogP contribution in [0.15, 0.2) is 36.9 Å². The van der Waals surface area contributed by atoms with Gasteiger partial charge in [0.15, 0.2) is 0 Å². The highest BCUT2D eigenvalue weighted by molar-refractivity contribution is 5.49. The van der Waals surface area contributed by atoms with E-state index in [-0.39, 0.29) is 6.04 Å². The fourth-order valence-corrected chi connectivity index (χ4v) is 2.33. The Bertz CT molecular complexity index is 571. The van der Waals surface area contributed by atoms with Crippen LogP contribution < -0.4 is 10.2 Å². The lowest BCUT2D eigenvalue weighted by Gasteiger charge is -2.28. The Balaban J connectivity index is 1.71. The second kappa shape index (κ2) is 6.49. The summed E-state index contributed by atoms with van der Waals surface area (Å²) >= 11 is 0. The van der Waals surface area contributed by atoms with Gasteiger partial charge in [0.2, 0.25) is 0 Å². The van der Waals surface area contributed by atoms with Crippen molar-refractivity contribution in [1.82, 2.24) is 15.0 Å². The summed E-state index contributed by atoms with van der Waals surface area (Å²) in [4.78, 5) is 15.0. The molecule has 1 aliphatic heterocycles. The molecule has 2 aromatic rings. The van der Waals surface area contributed by atoms with Crippen LogP contribution in [0.1, 0.15) is 18.5 Å². The molecule has 0 saturated carbocycles. The highest BCUT2D eigenvalue weighted by atomic mass is 16.5. The molecule has 3 heterocycles. The zero-order valence-electron chi connectivity index (χ0n) is 12.1. The summed E-state index contributed by atoms with van der Waals surface area (Å²) in [7, 11) is 0. The first-order valence-electron chi connectivity index (χ1n) is 7.14. The van der Waals surface area contributed by atoms with Gasteiger partial charge in [0.25, 0.3) is 0 Å². The van der Waals surface area contributed by atoms with Crippen molar-refractivity contribution >= 4 is 11.6 Å². The zero-order chi connectivity index (χ0) is 14.5. The van der Waals surface area contributed by atoms with E-state index in [0.717, 1.165) is 43.5 Å². The van der Waals surface area contributed by atoms with Crippen molar-refractivity contribution in [2.75, 3.05) is 36.5 Å². The van der Waals surface area contributed by atoms with Crippen molar-refractivity contribution < 1.29 is 4.74 Å². The SMILES string of the molecule is CC(Nc1cc(N2CCOCC2)ncn1)c1cccnc1. The molecule has 0 aromatic carbocycles. The molecule has 0 amide bonds. The van der Waals surface area contributed by atoms with Gasteiger partial charge in [-0.3, -0.25) is 4.98 Å². The lowest BCUT2D eigenvalue weighted by atomic mass is 10.1. The van der Waals surface area contributed by atoms with Crippen molar-refractivity contribution in [3.63, 3.8) is 0 Å². The summed E-state index contributed by atoms with van der Waals surface area (Å²) in [5.74, 6) is 1.76. The molecule has 3 rings (SSSR count). The van der Waals surface area contributed by atoms with Crippen LogP contribution in [-0.2, 0) is 4.74 Å². The van der Waals surface area contributed by atoms with Crippen LogP contribution in [0.2, 0.25) is 0 Å². The summed E-state index contributed by atoms with van der Waals surface area (Å²) in [5.41, 5.74) is 1.13. The molecule has 0 radical (unpaired) electrons. The Kier molecular flexibility index (Phi) is 4.25. The third-order valence-electron chi connectivity index (χ3n) is 3.54. The molecule has 6 nitrogen and oxygen atoms in total. The molecular formula is C15H19N5O. The molecule has 1 saturated heterocycles. The second-order valence-electron chi connectivity index (χ2n) is 5.01. The first kappa shape index (κ1) is 13.8. The van der Waals surface area contributed by atoms with Crippen LogP contribution in [0.25, 0.3) is 0 Å². The van der Waals surface area contributed by atoms with E-state index in [2.05, 4.69) is 38.2 Å². The maximum absolute atomic E-state index is 5.37. The normalized spacial score (nSPS) is 16.5. The van der Waals surface area contributed by atoms with E-state index in [0.29, 0.717) is 0 Å². The standard InChI is InChI=1S/C15H19N5O/c1-12(13-3-2-4-16-10-13)19-14-9-15(18-11-17-14)20-5-7-21-8-6-20/h2-4,9-12H,5-8H2,1H3,(H,17,18,19). The molecule has 1 N–H and O–H groups in total. The molecular weight excluding hydrogens is 266 g/mol. The molecule has 0 spiro atoms. The van der Waals surface area contributed by atoms with E-state index in [4.69, 9.17) is 4.74 Å². The smallest absolute Gasteiger partial charge is 0.134 e. The van der Waals surface area contributed by atoms with Crippen LogP contribution in [0.3, 0.4) is 0 Å². The third-order valence-corrected chi connectivity index (χ3v) is 3.54. The van der Waals surface area contributed by atoms with Gasteiger partial charge in [0, 0.05) is 31.5 Å². The number of aromatic nitrogens is 3. The predicted octanol–water partition coefficient (Wildman–Crippen LogP) is 1.88. The molecule has 6 heteroatoms. The average Bonchev–Trinajstić information content (AvgIpc) is 2.57. The van der Waals surface area contributed by atoms with Crippen LogP contribution in [0, 0.1) is 0 Å². The number of hydrogen-bond donors (Lipinski definition) is 1. The van der Waals surface area contributed by atoms with Crippen molar-refractivity contribution in [2.45, 2.75) is 13.0 Å². The topological polar surface area (TPSA) is 63.2 Å². The molecule has 2 aromatic heterocycles. The Morgan fingerprint density at radius 3 is 2.90 bits per heavy atom. The van der Waals surface area contributed by atoms with E-state index in [1.165, 1.54) is 0 Å². The number of hydrogen-bond acceptors (Lipinski definition) is 6. The van der Waals surface area contributed by atoms with Crippen molar-refractivity contribution in [1.29, 1.82) is 0 Å². The summed E-state index contributed by atoms with van der Waals surface area (Å²) in [6.07, 6.45) is 5.24. The fraction of sp³-hybridized carbons (Fsp3) is 0.400. The minimum Gasteiger partial charge on any atom is -0.378 e. The van der Waals surface area contributed by atoms with Gasteiger partial charge < -0.3 is 15.0 Å². The van der Waals surface area contributed by atoms with Gasteiger partial charge in [-0.1, -0.05) is 6.07 Å². The van der Waals surface area contributed by atoms with E-state index in [1.807, 2.05) is 18.3 Å². The van der Waals surface area contributed by atoms with Crippen molar-refractivity contribution in [3.8, 4) is 0 Å². The summed E-state index contributed by atoms with van der Waals surface area (Å²) in [5, 5.41) is 3.39. The lowest BCUT2D eigenvalue weighted by Crippen LogP contribution is -2.36. The molecule has 21 heavy (non-hydrogen) atoms. The minimum absolute atomic E-state index is 0.145. The maximum Gasteiger partial charge on any atom is 0.134 e. The Hall–Kier alpha value is -2.21. The zero-order valence-corrected chi connectivity index (χ0v) is 12.1. The maximum atomic E-state index is 5.37. The molecule has 0 bridgehead atoms. The quantitative estimate of drug-likeness (QED) is 0.925. The Morgan fingerprint density at radius 1 is 1.29 bits per heavy atom. The van der Waals surface area contributed by atoms with Gasteiger partial charge in [0.05, 0.1) is 19.3 Å². The van der Waals surface area contributed by atoms with Crippen LogP contribution in [0.5, 0.6) is 0 Å². The molecule has 0 aliphatic carbocycles. The van der Waals surface area contributed by atoms with Gasteiger partial charge in [-0.05, 0) is 18.6 Å². The van der Waals surface area contributed by atoms with Crippen molar-refractivity contribution in [3.05, 3.63) is 42.5 Å². The monoisotopic (exact) mass is 285 g/mol. The summed E-state index contributed by atoms with van der Waals surface area (Å²) in [6.45, 7) is 5.33. The summed E-state index contributed by atoms with van der Waals surface area (Å²) in [6, 6.07) is 6.12. The number of ether oxygens (including phenoxy) is 1. The first-order valence-corrected chi connectivity index (χ1v) is 7.14. The number of morpholine rings is 1. The Morgan fingerprint density at radius 2 is 2.14 bits per heavy atom. The van der Waals surface area contributed by atoms with Gasteiger partial charge in [-0.25, -0.2) is 9.97 Å². The van der Waals surface area contributed by atoms with Crippen LogP contribution in [-0.4, -0.2) is 41.3 Å². The first-order chi connectivity index (χ1) is 10.3. The number of pyridine rings is 1. The number of rotatable bonds is 4. The van der Waals surface area contributed by atoms with Gasteiger partial charge in [-0.2, -0.15) is 0 Å². The number of nitrogens with one attached hydrogen (secondary N) is 1. The van der Waals surface area contributed by atoms with Crippen LogP contribution in [0.4, 0.5) is 11.6 Å². The van der Waals surface area contributed by atoms with Gasteiger partial charge in [-0.15, -0.1) is 0 Å². The lowest BCUT2D eigenvalue weighted by molar-refractivity contribution is 0.122. The Labute approximate surface area is 124 Å². The molecule has 1 fully saturated rings. The van der Waals surface area contributed by atoms with Crippen LogP contribution >= 0.6 is 0 Å². The third kappa shape index (κ3) is 3.46. The summed E-state index contributed by atoms with van der Waals surface area (Å²) < 4.78 is 5.37. The number of anilines is 2. The second-order valence-corrected chi connectivity index (χ2v) is 5.01. The average molecular weight is 285 g/mol. The molecule has 1 unspecified atom stereocenters. The van der Waals surface area contributed by atoms with E-state index < -0.39 is 0 Å². The fourth-order valence-electron chi connectivity index (χ4n) is 2.33. The highest BCUT2D eigenvalue weighted by Crippen LogP contribution is 2.20. The highest BCUT2D eigenvalue weighted by Gasteiger charge is 2.13. The van der Waals surface area contributed by atoms with E-state index in [1.54, 1.807) is 12.5 Å². The van der Waals surface area contributed by atoms with Crippen molar-refractivity contribution in [2.24, 2.45) is 0 Å². The predicted molar refractivity (Wildman–Crippen MR) is 81.3 cm³/mol. The molecule has 1 atom stereocenters. The minimum atomic E-state index is 0.145. The van der Waals surface area contributed by atoms with Gasteiger partial charge >= 0.3 is 0 Å². The molecule has 110 valence electrons. The van der Waals surface area contributed by atoms with Gasteiger partial charge in [0.1, 0.15) is 18.0 Å². The molecule has 1 aliphatic rings. The van der Waals surface area contributed by atoms with E-state index in [9.17, 15) is 0 Å².